The van der Waals surface area contributed by atoms with Crippen molar-refractivity contribution in [3.63, 3.8) is 0 Å². The second kappa shape index (κ2) is 10.4. The number of hydrogen-bond acceptors (Lipinski definition) is 4. The number of hydrogen-bond donors (Lipinski definition) is 0. The van der Waals surface area contributed by atoms with Crippen molar-refractivity contribution in [2.24, 2.45) is 0 Å². The molecular formula is C36H26N2O2. The molecule has 1 aliphatic heterocycles. The minimum absolute atomic E-state index is 0.653. The zero-order valence-corrected chi connectivity index (χ0v) is 21.7. The second-order valence-corrected chi connectivity index (χ2v) is 9.46. The zero-order valence-electron chi connectivity index (χ0n) is 21.7. The van der Waals surface area contributed by atoms with Crippen molar-refractivity contribution in [2.75, 3.05) is 9.80 Å². The van der Waals surface area contributed by atoms with Crippen LogP contribution in [0.3, 0.4) is 0 Å². The van der Waals surface area contributed by atoms with Crippen molar-refractivity contribution in [1.29, 1.82) is 0 Å². The van der Waals surface area contributed by atoms with Crippen LogP contribution in [0.15, 0.2) is 158 Å². The summed E-state index contributed by atoms with van der Waals surface area (Å²) in [6, 6.07) is 53.5. The van der Waals surface area contributed by atoms with Gasteiger partial charge in [0.15, 0.2) is 23.0 Å². The van der Waals surface area contributed by atoms with Gasteiger partial charge >= 0.3 is 0 Å². The molecule has 192 valence electrons. The fourth-order valence-electron chi connectivity index (χ4n) is 5.08. The molecule has 0 bridgehead atoms. The first-order chi connectivity index (χ1) is 19.8. The number of anilines is 6. The summed E-state index contributed by atoms with van der Waals surface area (Å²) >= 11 is 0. The summed E-state index contributed by atoms with van der Waals surface area (Å²) < 4.78 is 13.1. The van der Waals surface area contributed by atoms with Gasteiger partial charge < -0.3 is 19.3 Å². The van der Waals surface area contributed by atoms with Crippen LogP contribution in [0.25, 0.3) is 0 Å². The van der Waals surface area contributed by atoms with E-state index in [1.54, 1.807) is 0 Å². The Labute approximate surface area is 233 Å². The lowest BCUT2D eigenvalue weighted by Gasteiger charge is -2.33. The first-order valence-corrected chi connectivity index (χ1v) is 13.3. The zero-order chi connectivity index (χ0) is 26.7. The minimum Gasteiger partial charge on any atom is -0.449 e. The van der Waals surface area contributed by atoms with Crippen LogP contribution in [-0.4, -0.2) is 0 Å². The van der Waals surface area contributed by atoms with E-state index in [0.717, 1.165) is 34.1 Å². The van der Waals surface area contributed by atoms with E-state index in [4.69, 9.17) is 9.47 Å². The predicted molar refractivity (Wildman–Crippen MR) is 162 cm³/mol. The molecule has 0 saturated heterocycles. The van der Waals surface area contributed by atoms with Gasteiger partial charge in [0.05, 0.1) is 11.4 Å². The van der Waals surface area contributed by atoms with Crippen LogP contribution in [0, 0.1) is 0 Å². The van der Waals surface area contributed by atoms with Crippen LogP contribution in [0.2, 0.25) is 0 Å². The molecule has 0 N–H and O–H groups in total. The van der Waals surface area contributed by atoms with Crippen LogP contribution in [-0.2, 0) is 0 Å². The molecule has 7 rings (SSSR count). The lowest BCUT2D eigenvalue weighted by atomic mass is 10.1. The summed E-state index contributed by atoms with van der Waals surface area (Å²) in [6.45, 7) is 0. The van der Waals surface area contributed by atoms with Crippen LogP contribution in [0.1, 0.15) is 0 Å². The van der Waals surface area contributed by atoms with E-state index in [1.165, 1.54) is 0 Å². The Hall–Kier alpha value is -5.48. The smallest absolute Gasteiger partial charge is 0.194 e. The summed E-state index contributed by atoms with van der Waals surface area (Å²) in [5.74, 6) is 2.69. The quantitative estimate of drug-likeness (QED) is 0.219. The molecule has 0 spiro atoms. The highest BCUT2D eigenvalue weighted by atomic mass is 16.6. The Balaban J connectivity index is 1.50. The predicted octanol–water partition coefficient (Wildman–Crippen LogP) is 10.5. The molecular weight excluding hydrogens is 492 g/mol. The normalized spacial score (nSPS) is 11.4. The third-order valence-electron chi connectivity index (χ3n) is 6.86. The van der Waals surface area contributed by atoms with Crippen LogP contribution in [0.5, 0.6) is 23.0 Å². The van der Waals surface area contributed by atoms with E-state index < -0.39 is 0 Å². The summed E-state index contributed by atoms with van der Waals surface area (Å²) in [5, 5.41) is 0. The molecule has 4 heteroatoms. The van der Waals surface area contributed by atoms with E-state index in [1.807, 2.05) is 48.5 Å². The Bertz CT molecular complexity index is 1660. The SMILES string of the molecule is c1ccc(N(c2ccccc2)c2cc3c(c(N(c4ccccc4)c4ccccc4)c2)Oc2ccccc2O3)cc1. The number of ether oxygens (including phenoxy) is 2. The molecule has 0 aliphatic carbocycles. The van der Waals surface area contributed by atoms with Gasteiger partial charge in [0.25, 0.3) is 0 Å². The fraction of sp³-hybridized carbons (Fsp3) is 0. The number of benzene rings is 6. The maximum atomic E-state index is 6.59. The fourth-order valence-corrected chi connectivity index (χ4v) is 5.08. The number of fused-ring (bicyclic) bond motifs is 2. The summed E-state index contributed by atoms with van der Waals surface area (Å²) in [7, 11) is 0. The van der Waals surface area contributed by atoms with Gasteiger partial charge in [0.2, 0.25) is 0 Å². The maximum absolute atomic E-state index is 6.59. The summed E-state index contributed by atoms with van der Waals surface area (Å²) in [5.41, 5.74) is 5.94. The number of nitrogens with zero attached hydrogens (tertiary/aromatic N) is 2. The molecule has 40 heavy (non-hydrogen) atoms. The minimum atomic E-state index is 0.653. The Morgan fingerprint density at radius 3 is 1.20 bits per heavy atom. The largest absolute Gasteiger partial charge is 0.449 e. The lowest BCUT2D eigenvalue weighted by molar-refractivity contribution is 0.360. The summed E-state index contributed by atoms with van der Waals surface area (Å²) in [6.07, 6.45) is 0. The molecule has 4 nitrogen and oxygen atoms in total. The Morgan fingerprint density at radius 1 is 0.325 bits per heavy atom. The molecule has 1 aliphatic rings. The van der Waals surface area contributed by atoms with Crippen molar-refractivity contribution in [1.82, 2.24) is 0 Å². The van der Waals surface area contributed by atoms with Crippen molar-refractivity contribution < 1.29 is 9.47 Å². The molecule has 0 atom stereocenters. The number of rotatable bonds is 6. The lowest BCUT2D eigenvalue weighted by Crippen LogP contribution is -2.15. The van der Waals surface area contributed by atoms with Gasteiger partial charge in [-0.25, -0.2) is 0 Å². The van der Waals surface area contributed by atoms with Gasteiger partial charge in [-0.2, -0.15) is 0 Å². The molecule has 0 unspecified atom stereocenters. The molecule has 0 radical (unpaired) electrons. The van der Waals surface area contributed by atoms with E-state index in [-0.39, 0.29) is 0 Å². The molecule has 0 fully saturated rings. The third kappa shape index (κ3) is 4.42. The van der Waals surface area contributed by atoms with Crippen molar-refractivity contribution >= 4 is 34.1 Å². The molecule has 0 aromatic heterocycles. The van der Waals surface area contributed by atoms with Crippen molar-refractivity contribution in [3.8, 4) is 23.0 Å². The van der Waals surface area contributed by atoms with Gasteiger partial charge in [0, 0.05) is 28.8 Å². The van der Waals surface area contributed by atoms with Crippen LogP contribution in [0.4, 0.5) is 34.1 Å². The van der Waals surface area contributed by atoms with Crippen LogP contribution < -0.4 is 19.3 Å². The van der Waals surface area contributed by atoms with Crippen molar-refractivity contribution in [3.05, 3.63) is 158 Å². The standard InChI is InChI=1S/C36H26N2O2/c1-5-15-27(16-6-1)37(28-17-7-2-8-18-28)31-25-32(36-35(26-31)39-33-23-13-14-24-34(33)40-36)38(29-19-9-3-10-20-29)30-21-11-4-12-22-30/h1-26H. The van der Waals surface area contributed by atoms with Gasteiger partial charge in [-0.3, -0.25) is 0 Å². The average Bonchev–Trinajstić information content (AvgIpc) is 3.03. The monoisotopic (exact) mass is 518 g/mol. The van der Waals surface area contributed by atoms with Gasteiger partial charge in [-0.05, 0) is 66.7 Å². The summed E-state index contributed by atoms with van der Waals surface area (Å²) in [4.78, 5) is 4.45. The topological polar surface area (TPSA) is 24.9 Å². The van der Waals surface area contributed by atoms with E-state index in [0.29, 0.717) is 23.0 Å². The highest BCUT2D eigenvalue weighted by Crippen LogP contribution is 2.55. The maximum Gasteiger partial charge on any atom is 0.194 e. The first-order valence-electron chi connectivity index (χ1n) is 13.3. The van der Waals surface area contributed by atoms with Crippen molar-refractivity contribution in [2.45, 2.75) is 0 Å². The molecule has 0 saturated carbocycles. The van der Waals surface area contributed by atoms with E-state index in [2.05, 4.69) is 119 Å². The van der Waals surface area contributed by atoms with Gasteiger partial charge in [0.1, 0.15) is 0 Å². The number of para-hydroxylation sites is 6. The first kappa shape index (κ1) is 23.6. The van der Waals surface area contributed by atoms with E-state index >= 15 is 0 Å². The molecule has 0 amide bonds. The van der Waals surface area contributed by atoms with Crippen LogP contribution >= 0.6 is 0 Å². The molecule has 6 aromatic rings. The molecule has 6 aromatic carbocycles. The average molecular weight is 519 g/mol. The van der Waals surface area contributed by atoms with E-state index in [9.17, 15) is 0 Å². The second-order valence-electron chi connectivity index (χ2n) is 9.46. The third-order valence-corrected chi connectivity index (χ3v) is 6.86. The Morgan fingerprint density at radius 2 is 0.725 bits per heavy atom. The molecule has 1 heterocycles. The van der Waals surface area contributed by atoms with Gasteiger partial charge in [-0.1, -0.05) is 84.9 Å². The van der Waals surface area contributed by atoms with Gasteiger partial charge in [-0.15, -0.1) is 0 Å². The Kier molecular flexibility index (Phi) is 6.11. The highest BCUT2D eigenvalue weighted by molar-refractivity contribution is 5.88. The highest BCUT2D eigenvalue weighted by Gasteiger charge is 2.28.